The molecule has 3 N–H and O–H groups in total. The van der Waals surface area contributed by atoms with Gasteiger partial charge in [0.1, 0.15) is 12.1 Å². The summed E-state index contributed by atoms with van der Waals surface area (Å²) >= 11 is 12.5. The molecule has 1 saturated heterocycles. The molecule has 0 aliphatic carbocycles. The summed E-state index contributed by atoms with van der Waals surface area (Å²) in [5, 5.41) is 6.14. The molecule has 212 valence electrons. The van der Waals surface area contributed by atoms with E-state index >= 15 is 0 Å². The van der Waals surface area contributed by atoms with Crippen LogP contribution in [-0.4, -0.2) is 39.9 Å². The topological polar surface area (TPSA) is 84.1 Å². The molecule has 8 heteroatoms. The van der Waals surface area contributed by atoms with Crippen LogP contribution in [0.3, 0.4) is 0 Å². The number of carbonyl (C=O) groups excluding carboxylic acids is 1. The van der Waals surface area contributed by atoms with Crippen molar-refractivity contribution in [2.75, 3.05) is 18.4 Å². The summed E-state index contributed by atoms with van der Waals surface area (Å²) in [7, 11) is 0. The van der Waals surface area contributed by atoms with Crippen LogP contribution in [0.25, 0.3) is 10.9 Å². The molecule has 0 saturated carbocycles. The third-order valence-electron chi connectivity index (χ3n) is 7.97. The molecular weight excluding hydrogens is 565 g/mol. The van der Waals surface area contributed by atoms with Crippen LogP contribution in [0.15, 0.2) is 97.3 Å². The Labute approximate surface area is 255 Å². The van der Waals surface area contributed by atoms with Gasteiger partial charge in [-0.1, -0.05) is 65.7 Å². The number of benzene rings is 4. The van der Waals surface area contributed by atoms with E-state index in [4.69, 9.17) is 28.9 Å². The van der Waals surface area contributed by atoms with Gasteiger partial charge in [0.25, 0.3) is 0 Å². The van der Waals surface area contributed by atoms with Crippen molar-refractivity contribution >= 4 is 45.8 Å². The summed E-state index contributed by atoms with van der Waals surface area (Å²) in [6.07, 6.45) is 3.64. The van der Waals surface area contributed by atoms with Crippen LogP contribution in [0.4, 0.5) is 5.82 Å². The van der Waals surface area contributed by atoms with Crippen LogP contribution in [0, 0.1) is 0 Å². The fraction of sp³-hybridized carbons (Fsp3) is 0.206. The van der Waals surface area contributed by atoms with Gasteiger partial charge in [-0.2, -0.15) is 0 Å². The largest absolute Gasteiger partial charge is 0.367 e. The van der Waals surface area contributed by atoms with Crippen molar-refractivity contribution in [3.8, 4) is 0 Å². The lowest BCUT2D eigenvalue weighted by Crippen LogP contribution is -2.38. The van der Waals surface area contributed by atoms with Crippen molar-refractivity contribution in [3.63, 3.8) is 0 Å². The predicted molar refractivity (Wildman–Crippen MR) is 170 cm³/mol. The first-order chi connectivity index (χ1) is 20.4. The Hall–Kier alpha value is -3.97. The summed E-state index contributed by atoms with van der Waals surface area (Å²) in [5.74, 6) is 0.453. The number of hydrogen-bond donors (Lipinski definition) is 2. The van der Waals surface area contributed by atoms with Crippen molar-refractivity contribution < 1.29 is 4.79 Å². The minimum Gasteiger partial charge on any atom is -0.367 e. The molecule has 1 aromatic heterocycles. The monoisotopic (exact) mass is 595 g/mol. The van der Waals surface area contributed by atoms with Gasteiger partial charge in [0.15, 0.2) is 0 Å². The summed E-state index contributed by atoms with van der Waals surface area (Å²) in [5.41, 5.74) is 11.4. The van der Waals surface area contributed by atoms with E-state index in [0.717, 1.165) is 65.9 Å². The second-order valence-electron chi connectivity index (χ2n) is 10.8. The number of fused-ring (bicyclic) bond motifs is 1. The van der Waals surface area contributed by atoms with E-state index in [1.165, 1.54) is 5.56 Å². The highest BCUT2D eigenvalue weighted by atomic mass is 35.5. The number of rotatable bonds is 8. The summed E-state index contributed by atoms with van der Waals surface area (Å²) in [6, 6.07) is 30.3. The summed E-state index contributed by atoms with van der Waals surface area (Å²) in [6.45, 7) is 2.79. The molecule has 1 aliphatic heterocycles. The Morgan fingerprint density at radius 3 is 2.02 bits per heavy atom. The van der Waals surface area contributed by atoms with Gasteiger partial charge in [-0.15, -0.1) is 0 Å². The molecule has 1 fully saturated rings. The zero-order valence-electron chi connectivity index (χ0n) is 23.0. The van der Waals surface area contributed by atoms with Crippen LogP contribution in [0.1, 0.15) is 51.4 Å². The zero-order valence-corrected chi connectivity index (χ0v) is 24.5. The Morgan fingerprint density at radius 2 is 1.43 bits per heavy atom. The lowest BCUT2D eigenvalue weighted by Gasteiger charge is -2.32. The van der Waals surface area contributed by atoms with Gasteiger partial charge < -0.3 is 11.1 Å². The molecule has 2 heterocycles. The molecule has 1 aliphatic rings. The van der Waals surface area contributed by atoms with Gasteiger partial charge >= 0.3 is 0 Å². The highest BCUT2D eigenvalue weighted by Gasteiger charge is 2.22. The van der Waals surface area contributed by atoms with E-state index in [2.05, 4.69) is 62.6 Å². The molecule has 1 amide bonds. The molecule has 5 aromatic rings. The third-order valence-corrected chi connectivity index (χ3v) is 8.48. The number of anilines is 1. The van der Waals surface area contributed by atoms with Gasteiger partial charge in [-0.25, -0.2) is 9.97 Å². The van der Waals surface area contributed by atoms with Crippen molar-refractivity contribution in [2.45, 2.75) is 31.3 Å². The average Bonchev–Trinajstić information content (AvgIpc) is 3.01. The van der Waals surface area contributed by atoms with Crippen molar-refractivity contribution in [1.29, 1.82) is 0 Å². The van der Waals surface area contributed by atoms with E-state index < -0.39 is 5.91 Å². The molecule has 42 heavy (non-hydrogen) atoms. The van der Waals surface area contributed by atoms with Crippen LogP contribution < -0.4 is 11.1 Å². The molecule has 6 rings (SSSR count). The number of primary amides is 1. The van der Waals surface area contributed by atoms with Gasteiger partial charge in [0.05, 0.1) is 5.52 Å². The first-order valence-corrected chi connectivity index (χ1v) is 14.8. The fourth-order valence-electron chi connectivity index (χ4n) is 5.72. The van der Waals surface area contributed by atoms with E-state index in [0.29, 0.717) is 21.7 Å². The Balaban J connectivity index is 1.21. The summed E-state index contributed by atoms with van der Waals surface area (Å²) < 4.78 is 0. The highest BCUT2D eigenvalue weighted by Crippen LogP contribution is 2.35. The first-order valence-electron chi connectivity index (χ1n) is 14.1. The smallest absolute Gasteiger partial charge is 0.248 e. The number of aromatic nitrogens is 2. The quantitative estimate of drug-likeness (QED) is 0.184. The minimum absolute atomic E-state index is 0.00253. The SMILES string of the molecule is NC(=O)c1ccc(CN2CCC(Nc3ncnc4ccc(C(c5ccc(Cl)cc5)c5ccc(Cl)cc5)cc34)CC2)cc1. The molecule has 0 spiro atoms. The number of piperidine rings is 1. The van der Waals surface area contributed by atoms with Gasteiger partial charge in [-0.05, 0) is 83.6 Å². The van der Waals surface area contributed by atoms with Crippen molar-refractivity contribution in [1.82, 2.24) is 14.9 Å². The van der Waals surface area contributed by atoms with Crippen molar-refractivity contribution in [3.05, 3.63) is 135 Å². The number of amides is 1. The number of nitrogens with one attached hydrogen (secondary N) is 1. The van der Waals surface area contributed by atoms with E-state index in [-0.39, 0.29) is 5.92 Å². The second kappa shape index (κ2) is 12.5. The highest BCUT2D eigenvalue weighted by molar-refractivity contribution is 6.30. The normalized spacial score (nSPS) is 14.4. The maximum Gasteiger partial charge on any atom is 0.248 e. The molecule has 0 bridgehead atoms. The first kappa shape index (κ1) is 28.2. The number of likely N-dealkylation sites (tertiary alicyclic amines) is 1. The molecule has 6 nitrogen and oxygen atoms in total. The number of nitrogens with two attached hydrogens (primary N) is 1. The van der Waals surface area contributed by atoms with E-state index in [9.17, 15) is 4.79 Å². The third kappa shape index (κ3) is 6.41. The Morgan fingerprint density at radius 1 is 0.833 bits per heavy atom. The molecule has 4 aromatic carbocycles. The predicted octanol–water partition coefficient (Wildman–Crippen LogP) is 7.29. The fourth-order valence-corrected chi connectivity index (χ4v) is 5.97. The maximum absolute atomic E-state index is 11.4. The van der Waals surface area contributed by atoms with Gasteiger partial charge in [0.2, 0.25) is 5.91 Å². The second-order valence-corrected chi connectivity index (χ2v) is 11.7. The van der Waals surface area contributed by atoms with Crippen LogP contribution in [0.2, 0.25) is 10.0 Å². The number of carbonyl (C=O) groups is 1. The standard InChI is InChI=1S/C34H31Cl2N5O/c35-27-10-5-23(6-11-27)32(24-7-12-28(36)13-8-24)26-9-14-31-30(19-26)34(39-21-38-31)40-29-15-17-41(18-16-29)20-22-1-3-25(4-2-22)33(37)42/h1-14,19,21,29,32H,15-18,20H2,(H2,37,42)(H,38,39,40). The van der Waals surface area contributed by atoms with E-state index in [1.807, 2.05) is 36.4 Å². The van der Waals surface area contributed by atoms with Gasteiger partial charge in [0, 0.05) is 52.6 Å². The lowest BCUT2D eigenvalue weighted by atomic mass is 9.84. The number of halogens is 2. The minimum atomic E-state index is -0.400. The Bertz CT molecular complexity index is 1640. The van der Waals surface area contributed by atoms with Crippen LogP contribution in [0.5, 0.6) is 0 Å². The van der Waals surface area contributed by atoms with Crippen LogP contribution in [-0.2, 0) is 6.54 Å². The lowest BCUT2D eigenvalue weighted by molar-refractivity contribution is 0.1000. The Kier molecular flexibility index (Phi) is 8.38. The average molecular weight is 597 g/mol. The van der Waals surface area contributed by atoms with Crippen LogP contribution >= 0.6 is 23.2 Å². The summed E-state index contributed by atoms with van der Waals surface area (Å²) in [4.78, 5) is 23.0. The molecular formula is C34H31Cl2N5O. The molecule has 0 atom stereocenters. The zero-order chi connectivity index (χ0) is 29.1. The van der Waals surface area contributed by atoms with Gasteiger partial charge in [-0.3, -0.25) is 9.69 Å². The number of hydrogen-bond acceptors (Lipinski definition) is 5. The van der Waals surface area contributed by atoms with Crippen molar-refractivity contribution in [2.24, 2.45) is 5.73 Å². The maximum atomic E-state index is 11.4. The molecule has 0 radical (unpaired) electrons. The van der Waals surface area contributed by atoms with E-state index in [1.54, 1.807) is 18.5 Å². The molecule has 0 unspecified atom stereocenters. The number of nitrogens with zero attached hydrogens (tertiary/aromatic N) is 3.